The molecular formula is C18H23ClF2N4O2. The summed E-state index contributed by atoms with van der Waals surface area (Å²) in [6.07, 6.45) is -2.97. The Hall–Kier alpha value is -2.03. The van der Waals surface area contributed by atoms with Crippen molar-refractivity contribution in [2.45, 2.75) is 38.0 Å². The zero-order valence-electron chi connectivity index (χ0n) is 14.9. The lowest BCUT2D eigenvalue weighted by atomic mass is 9.79. The third-order valence-electron chi connectivity index (χ3n) is 4.77. The summed E-state index contributed by atoms with van der Waals surface area (Å²) >= 11 is 0. The summed E-state index contributed by atoms with van der Waals surface area (Å²) in [5.74, 6) is -0.387. The fourth-order valence-corrected chi connectivity index (χ4v) is 3.38. The first-order chi connectivity index (χ1) is 12.4. The fraction of sp³-hybridized carbons (Fsp3) is 0.444. The monoisotopic (exact) mass is 400 g/mol. The van der Waals surface area contributed by atoms with Crippen LogP contribution in [0, 0.1) is 6.92 Å². The Bertz CT molecular complexity index is 772. The minimum Gasteiger partial charge on any atom is -0.389 e. The van der Waals surface area contributed by atoms with Gasteiger partial charge in [0.2, 0.25) is 5.91 Å². The minimum atomic E-state index is -2.68. The van der Waals surface area contributed by atoms with Gasteiger partial charge < -0.3 is 15.7 Å². The highest BCUT2D eigenvalue weighted by Crippen LogP contribution is 2.31. The van der Waals surface area contributed by atoms with E-state index in [9.17, 15) is 18.7 Å². The first kappa shape index (κ1) is 21.3. The second-order valence-corrected chi connectivity index (χ2v) is 6.52. The number of alkyl halides is 2. The average molecular weight is 401 g/mol. The normalized spacial score (nSPS) is 22.3. The molecule has 0 unspecified atom stereocenters. The summed E-state index contributed by atoms with van der Waals surface area (Å²) in [5, 5.41) is 20.4. The van der Waals surface area contributed by atoms with Crippen LogP contribution in [0.3, 0.4) is 0 Å². The smallest absolute Gasteiger partial charge is 0.282 e. The SMILES string of the molecule is Cc1cc(C(F)F)nn1CC(=O)N[C@]1(c2ccccc2)CCNC[C@H]1O.Cl. The number of aromatic nitrogens is 2. The molecular weight excluding hydrogens is 378 g/mol. The van der Waals surface area contributed by atoms with Gasteiger partial charge in [0.15, 0.2) is 0 Å². The summed E-state index contributed by atoms with van der Waals surface area (Å²) < 4.78 is 26.8. The number of amides is 1. The van der Waals surface area contributed by atoms with E-state index in [0.717, 1.165) is 5.56 Å². The highest BCUT2D eigenvalue weighted by molar-refractivity contribution is 5.85. The van der Waals surface area contributed by atoms with Gasteiger partial charge in [-0.3, -0.25) is 9.48 Å². The first-order valence-corrected chi connectivity index (χ1v) is 8.50. The molecule has 148 valence electrons. The second kappa shape index (κ2) is 8.77. The summed E-state index contributed by atoms with van der Waals surface area (Å²) in [4.78, 5) is 12.6. The number of hydrogen-bond donors (Lipinski definition) is 3. The van der Waals surface area contributed by atoms with Crippen molar-refractivity contribution in [2.24, 2.45) is 0 Å². The number of aliphatic hydroxyl groups excluding tert-OH is 1. The number of carbonyl (C=O) groups excluding carboxylic acids is 1. The molecule has 6 nitrogen and oxygen atoms in total. The molecule has 2 heterocycles. The van der Waals surface area contributed by atoms with E-state index in [2.05, 4.69) is 15.7 Å². The van der Waals surface area contributed by atoms with Gasteiger partial charge in [0.1, 0.15) is 12.2 Å². The standard InChI is InChI=1S/C18H22F2N4O2.ClH/c1-12-9-14(17(19)20)23-24(12)11-16(26)22-18(7-8-21-10-15(18)25)13-5-3-2-4-6-13;/h2-6,9,15,17,21,25H,7-8,10-11H2,1H3,(H,22,26);1H/t15-,18+;/m1./s1. The maximum Gasteiger partial charge on any atom is 0.282 e. The third kappa shape index (κ3) is 4.45. The quantitative estimate of drug-likeness (QED) is 0.716. The molecule has 0 radical (unpaired) electrons. The number of halogens is 3. The van der Waals surface area contributed by atoms with Crippen LogP contribution in [0.4, 0.5) is 8.78 Å². The van der Waals surface area contributed by atoms with Gasteiger partial charge in [-0.25, -0.2) is 8.78 Å². The Balaban J connectivity index is 0.00000261. The zero-order valence-corrected chi connectivity index (χ0v) is 15.7. The molecule has 1 fully saturated rings. The van der Waals surface area contributed by atoms with Crippen molar-refractivity contribution >= 4 is 18.3 Å². The molecule has 1 aliphatic rings. The number of nitrogens with one attached hydrogen (secondary N) is 2. The Labute approximate surface area is 162 Å². The fourth-order valence-electron chi connectivity index (χ4n) is 3.38. The molecule has 1 amide bonds. The maximum absolute atomic E-state index is 12.8. The highest BCUT2D eigenvalue weighted by atomic mass is 35.5. The number of benzene rings is 1. The Morgan fingerprint density at radius 3 is 2.74 bits per heavy atom. The molecule has 1 aromatic heterocycles. The zero-order chi connectivity index (χ0) is 18.7. The molecule has 3 rings (SSSR count). The molecule has 9 heteroatoms. The molecule has 0 bridgehead atoms. The lowest BCUT2D eigenvalue weighted by molar-refractivity contribution is -0.126. The van der Waals surface area contributed by atoms with E-state index in [-0.39, 0.29) is 30.6 Å². The average Bonchev–Trinajstić information content (AvgIpc) is 2.99. The Morgan fingerprint density at radius 2 is 2.15 bits per heavy atom. The predicted octanol–water partition coefficient (Wildman–Crippen LogP) is 1.92. The Kier molecular flexibility index (Phi) is 6.91. The Morgan fingerprint density at radius 1 is 1.44 bits per heavy atom. The van der Waals surface area contributed by atoms with Gasteiger partial charge in [0.05, 0.1) is 11.6 Å². The molecule has 0 aliphatic carbocycles. The molecule has 1 aromatic carbocycles. The van der Waals surface area contributed by atoms with Crippen LogP contribution >= 0.6 is 12.4 Å². The maximum atomic E-state index is 12.8. The van der Waals surface area contributed by atoms with Gasteiger partial charge in [-0.1, -0.05) is 30.3 Å². The van der Waals surface area contributed by atoms with Crippen LogP contribution in [0.1, 0.15) is 29.8 Å². The van der Waals surface area contributed by atoms with E-state index in [1.54, 1.807) is 6.92 Å². The molecule has 2 atom stereocenters. The molecule has 0 saturated carbocycles. The lowest BCUT2D eigenvalue weighted by Crippen LogP contribution is -2.61. The topological polar surface area (TPSA) is 79.2 Å². The van der Waals surface area contributed by atoms with E-state index in [4.69, 9.17) is 0 Å². The number of aliphatic hydroxyl groups is 1. The number of piperidine rings is 1. The number of β-amino-alcohol motifs (C(OH)–C–C–N with tert-alkyl or cyclic N) is 1. The van der Waals surface area contributed by atoms with Gasteiger partial charge in [-0.15, -0.1) is 12.4 Å². The van der Waals surface area contributed by atoms with Crippen LogP contribution in [0.5, 0.6) is 0 Å². The van der Waals surface area contributed by atoms with Crippen LogP contribution in [0.15, 0.2) is 36.4 Å². The predicted molar refractivity (Wildman–Crippen MR) is 98.9 cm³/mol. The van der Waals surface area contributed by atoms with Crippen LogP contribution < -0.4 is 10.6 Å². The lowest BCUT2D eigenvalue weighted by Gasteiger charge is -2.43. The summed E-state index contributed by atoms with van der Waals surface area (Å²) in [6, 6.07) is 10.6. The van der Waals surface area contributed by atoms with E-state index >= 15 is 0 Å². The van der Waals surface area contributed by atoms with Gasteiger partial charge in [-0.2, -0.15) is 5.10 Å². The number of nitrogens with zero attached hydrogens (tertiary/aromatic N) is 2. The van der Waals surface area contributed by atoms with E-state index in [1.807, 2.05) is 30.3 Å². The number of hydrogen-bond acceptors (Lipinski definition) is 4. The van der Waals surface area contributed by atoms with Crippen LogP contribution in [0.25, 0.3) is 0 Å². The molecule has 27 heavy (non-hydrogen) atoms. The van der Waals surface area contributed by atoms with Gasteiger partial charge in [0, 0.05) is 12.2 Å². The van der Waals surface area contributed by atoms with Gasteiger partial charge >= 0.3 is 0 Å². The largest absolute Gasteiger partial charge is 0.389 e. The first-order valence-electron chi connectivity index (χ1n) is 8.50. The number of carbonyl (C=O) groups is 1. The van der Waals surface area contributed by atoms with E-state index < -0.39 is 18.1 Å². The van der Waals surface area contributed by atoms with Gasteiger partial charge in [0.25, 0.3) is 6.43 Å². The van der Waals surface area contributed by atoms with Crippen molar-refractivity contribution in [2.75, 3.05) is 13.1 Å². The molecule has 1 saturated heterocycles. The second-order valence-electron chi connectivity index (χ2n) is 6.52. The van der Waals surface area contributed by atoms with Crippen LogP contribution in [-0.4, -0.2) is 40.0 Å². The summed E-state index contributed by atoms with van der Waals surface area (Å²) in [7, 11) is 0. The summed E-state index contributed by atoms with van der Waals surface area (Å²) in [5.41, 5.74) is 0.0220. The van der Waals surface area contributed by atoms with Crippen molar-refractivity contribution < 1.29 is 18.7 Å². The van der Waals surface area contributed by atoms with E-state index in [0.29, 0.717) is 25.2 Å². The minimum absolute atomic E-state index is 0. The van der Waals surface area contributed by atoms with Crippen molar-refractivity contribution in [1.29, 1.82) is 0 Å². The van der Waals surface area contributed by atoms with Crippen molar-refractivity contribution in [3.8, 4) is 0 Å². The van der Waals surface area contributed by atoms with Crippen molar-refractivity contribution in [1.82, 2.24) is 20.4 Å². The van der Waals surface area contributed by atoms with Gasteiger partial charge in [-0.05, 0) is 31.5 Å². The number of rotatable bonds is 5. The van der Waals surface area contributed by atoms with Crippen LogP contribution in [0.2, 0.25) is 0 Å². The van der Waals surface area contributed by atoms with E-state index in [1.165, 1.54) is 10.7 Å². The summed E-state index contributed by atoms with van der Waals surface area (Å²) in [6.45, 7) is 2.43. The molecule has 3 N–H and O–H groups in total. The molecule has 1 aliphatic heterocycles. The third-order valence-corrected chi connectivity index (χ3v) is 4.77. The number of aryl methyl sites for hydroxylation is 1. The molecule has 2 aromatic rings. The van der Waals surface area contributed by atoms with Crippen molar-refractivity contribution in [3.63, 3.8) is 0 Å². The highest BCUT2D eigenvalue weighted by Gasteiger charge is 2.42. The molecule has 0 spiro atoms. The van der Waals surface area contributed by atoms with Crippen LogP contribution in [-0.2, 0) is 16.9 Å². The van der Waals surface area contributed by atoms with Crippen molar-refractivity contribution in [3.05, 3.63) is 53.3 Å².